The summed E-state index contributed by atoms with van der Waals surface area (Å²) in [6.45, 7) is 15.0. The van der Waals surface area contributed by atoms with Crippen LogP contribution in [0.15, 0.2) is 18.2 Å². The van der Waals surface area contributed by atoms with Crippen LogP contribution in [-0.2, 0) is 11.3 Å². The van der Waals surface area contributed by atoms with Crippen LogP contribution in [0.3, 0.4) is 0 Å². The summed E-state index contributed by atoms with van der Waals surface area (Å²) in [5.41, 5.74) is 3.44. The monoisotopic (exact) mass is 320 g/mol. The number of hydrogen-bond donors (Lipinski definition) is 1. The first-order chi connectivity index (χ1) is 10.7. The summed E-state index contributed by atoms with van der Waals surface area (Å²) >= 11 is 0. The van der Waals surface area contributed by atoms with Crippen molar-refractivity contribution < 1.29 is 9.53 Å². The van der Waals surface area contributed by atoms with Gasteiger partial charge in [-0.15, -0.1) is 0 Å². The Balaban J connectivity index is 2.45. The van der Waals surface area contributed by atoms with Gasteiger partial charge in [-0.25, -0.2) is 4.79 Å². The van der Waals surface area contributed by atoms with Crippen LogP contribution >= 0.6 is 0 Å². The maximum absolute atomic E-state index is 12.2. The summed E-state index contributed by atoms with van der Waals surface area (Å²) in [6, 6.07) is 6.49. The second kappa shape index (κ2) is 8.92. The Morgan fingerprint density at radius 2 is 1.91 bits per heavy atom. The molecule has 0 aliphatic carbocycles. The van der Waals surface area contributed by atoms with E-state index in [4.69, 9.17) is 4.74 Å². The van der Waals surface area contributed by atoms with Gasteiger partial charge in [-0.3, -0.25) is 0 Å². The number of rotatable bonds is 7. The minimum Gasteiger partial charge on any atom is -0.444 e. The fourth-order valence-corrected chi connectivity index (χ4v) is 2.37. The zero-order valence-electron chi connectivity index (χ0n) is 15.5. The predicted molar refractivity (Wildman–Crippen MR) is 95.7 cm³/mol. The number of hydrogen-bond acceptors (Lipinski definition) is 3. The molecule has 0 saturated carbocycles. The van der Waals surface area contributed by atoms with E-state index in [1.165, 1.54) is 16.7 Å². The number of aryl methyl sites for hydroxylation is 2. The molecule has 4 nitrogen and oxygen atoms in total. The lowest BCUT2D eigenvalue weighted by Gasteiger charge is -2.27. The SMILES string of the molecule is CCCN(CCNCc1ccc(C)cc1C)C(=O)OC(C)(C)C. The van der Waals surface area contributed by atoms with Crippen molar-refractivity contribution in [2.24, 2.45) is 0 Å². The smallest absolute Gasteiger partial charge is 0.410 e. The van der Waals surface area contributed by atoms with Crippen molar-refractivity contribution in [1.29, 1.82) is 0 Å². The van der Waals surface area contributed by atoms with Gasteiger partial charge in [0.05, 0.1) is 0 Å². The van der Waals surface area contributed by atoms with Gasteiger partial charge in [0.25, 0.3) is 0 Å². The van der Waals surface area contributed by atoms with E-state index < -0.39 is 5.60 Å². The molecule has 0 atom stereocenters. The molecule has 1 aromatic carbocycles. The second-order valence-corrected chi connectivity index (χ2v) is 7.07. The van der Waals surface area contributed by atoms with Gasteiger partial charge >= 0.3 is 6.09 Å². The fourth-order valence-electron chi connectivity index (χ4n) is 2.37. The summed E-state index contributed by atoms with van der Waals surface area (Å²) in [6.07, 6.45) is 0.698. The third-order valence-corrected chi connectivity index (χ3v) is 3.52. The molecule has 0 spiro atoms. The molecule has 0 unspecified atom stereocenters. The molecule has 0 radical (unpaired) electrons. The third-order valence-electron chi connectivity index (χ3n) is 3.52. The van der Waals surface area contributed by atoms with Crippen LogP contribution < -0.4 is 5.32 Å². The lowest BCUT2D eigenvalue weighted by molar-refractivity contribution is 0.0252. The maximum atomic E-state index is 12.2. The average molecular weight is 320 g/mol. The Kier molecular flexibility index (Phi) is 7.56. The van der Waals surface area contributed by atoms with Crippen LogP contribution in [0.25, 0.3) is 0 Å². The standard InChI is InChI=1S/C19H32N2O2/c1-7-11-21(18(22)23-19(4,5)6)12-10-20-14-17-9-8-15(2)13-16(17)3/h8-9,13,20H,7,10-12,14H2,1-6H3. The van der Waals surface area contributed by atoms with E-state index in [0.29, 0.717) is 6.54 Å². The number of nitrogens with one attached hydrogen (secondary N) is 1. The highest BCUT2D eigenvalue weighted by Crippen LogP contribution is 2.11. The molecule has 1 N–H and O–H groups in total. The summed E-state index contributed by atoms with van der Waals surface area (Å²) < 4.78 is 5.46. The Hall–Kier alpha value is -1.55. The molecule has 0 saturated heterocycles. The van der Waals surface area contributed by atoms with Gasteiger partial charge < -0.3 is 15.0 Å². The molecule has 23 heavy (non-hydrogen) atoms. The van der Waals surface area contributed by atoms with Gasteiger partial charge in [0.2, 0.25) is 0 Å². The molecule has 0 aliphatic heterocycles. The zero-order chi connectivity index (χ0) is 17.5. The van der Waals surface area contributed by atoms with Crippen molar-refractivity contribution in [3.8, 4) is 0 Å². The summed E-state index contributed by atoms with van der Waals surface area (Å²) in [5, 5.41) is 3.42. The first-order valence-corrected chi connectivity index (χ1v) is 8.47. The van der Waals surface area contributed by atoms with Gasteiger partial charge in [0.15, 0.2) is 0 Å². The molecule has 1 rings (SSSR count). The third kappa shape index (κ3) is 7.51. The molecule has 0 aliphatic rings. The van der Waals surface area contributed by atoms with Crippen LogP contribution in [0.1, 0.15) is 50.8 Å². The van der Waals surface area contributed by atoms with Gasteiger partial charge in [-0.2, -0.15) is 0 Å². The minimum absolute atomic E-state index is 0.229. The van der Waals surface area contributed by atoms with Gasteiger partial charge in [-0.05, 0) is 52.2 Å². The number of benzene rings is 1. The summed E-state index contributed by atoms with van der Waals surface area (Å²) in [7, 11) is 0. The second-order valence-electron chi connectivity index (χ2n) is 7.07. The first kappa shape index (κ1) is 19.5. The Labute approximate surface area is 141 Å². The molecule has 4 heteroatoms. The van der Waals surface area contributed by atoms with E-state index in [1.54, 1.807) is 4.90 Å². The topological polar surface area (TPSA) is 41.6 Å². The summed E-state index contributed by atoms with van der Waals surface area (Å²) in [5.74, 6) is 0. The van der Waals surface area contributed by atoms with Crippen molar-refractivity contribution in [3.63, 3.8) is 0 Å². The van der Waals surface area contributed by atoms with E-state index in [2.05, 4.69) is 44.3 Å². The highest BCUT2D eigenvalue weighted by atomic mass is 16.6. The average Bonchev–Trinajstić information content (AvgIpc) is 2.42. The quantitative estimate of drug-likeness (QED) is 0.771. The molecule has 1 aromatic rings. The van der Waals surface area contributed by atoms with Gasteiger partial charge in [-0.1, -0.05) is 30.7 Å². The molecular weight excluding hydrogens is 288 g/mol. The van der Waals surface area contributed by atoms with Crippen molar-refractivity contribution in [2.45, 2.75) is 60.1 Å². The molecule has 0 fully saturated rings. The molecule has 1 amide bonds. The fraction of sp³-hybridized carbons (Fsp3) is 0.632. The van der Waals surface area contributed by atoms with Crippen molar-refractivity contribution >= 4 is 6.09 Å². The minimum atomic E-state index is -0.449. The van der Waals surface area contributed by atoms with E-state index in [1.807, 2.05) is 20.8 Å². The van der Waals surface area contributed by atoms with Crippen LogP contribution in [0.2, 0.25) is 0 Å². The normalized spacial score (nSPS) is 11.4. The highest BCUT2D eigenvalue weighted by Gasteiger charge is 2.21. The maximum Gasteiger partial charge on any atom is 0.410 e. The molecule has 0 bridgehead atoms. The number of carbonyl (C=O) groups excluding carboxylic acids is 1. The first-order valence-electron chi connectivity index (χ1n) is 8.47. The van der Waals surface area contributed by atoms with Crippen LogP contribution in [0.5, 0.6) is 0 Å². The molecular formula is C19H32N2O2. The van der Waals surface area contributed by atoms with Crippen molar-refractivity contribution in [1.82, 2.24) is 10.2 Å². The lowest BCUT2D eigenvalue weighted by Crippen LogP contribution is -2.40. The van der Waals surface area contributed by atoms with Gasteiger partial charge in [0, 0.05) is 26.2 Å². The van der Waals surface area contributed by atoms with Crippen LogP contribution in [-0.4, -0.2) is 36.2 Å². The Morgan fingerprint density at radius 3 is 2.48 bits per heavy atom. The van der Waals surface area contributed by atoms with Crippen molar-refractivity contribution in [3.05, 3.63) is 34.9 Å². The lowest BCUT2D eigenvalue weighted by atomic mass is 10.1. The van der Waals surface area contributed by atoms with E-state index in [9.17, 15) is 4.79 Å². The van der Waals surface area contributed by atoms with Crippen molar-refractivity contribution in [2.75, 3.05) is 19.6 Å². The van der Waals surface area contributed by atoms with Crippen LogP contribution in [0.4, 0.5) is 4.79 Å². The highest BCUT2D eigenvalue weighted by molar-refractivity contribution is 5.68. The predicted octanol–water partition coefficient (Wildman–Crippen LogP) is 4.04. The van der Waals surface area contributed by atoms with Gasteiger partial charge in [0.1, 0.15) is 5.60 Å². The molecule has 0 aromatic heterocycles. The number of amides is 1. The van der Waals surface area contributed by atoms with E-state index >= 15 is 0 Å². The van der Waals surface area contributed by atoms with Crippen LogP contribution in [0, 0.1) is 13.8 Å². The number of nitrogens with zero attached hydrogens (tertiary/aromatic N) is 1. The Morgan fingerprint density at radius 1 is 1.22 bits per heavy atom. The summed E-state index contributed by atoms with van der Waals surface area (Å²) in [4.78, 5) is 14.0. The van der Waals surface area contributed by atoms with E-state index in [-0.39, 0.29) is 6.09 Å². The Bertz CT molecular complexity index is 507. The molecule has 130 valence electrons. The largest absolute Gasteiger partial charge is 0.444 e. The number of carbonyl (C=O) groups is 1. The number of ether oxygens (including phenoxy) is 1. The zero-order valence-corrected chi connectivity index (χ0v) is 15.5. The van der Waals surface area contributed by atoms with E-state index in [0.717, 1.165) is 26.1 Å². The molecule has 0 heterocycles.